The van der Waals surface area contributed by atoms with Crippen LogP contribution in [0.1, 0.15) is 32.6 Å². The lowest BCUT2D eigenvalue weighted by atomic mass is 9.74. The van der Waals surface area contributed by atoms with Crippen LogP contribution in [0.15, 0.2) is 48.6 Å². The molecule has 0 aromatic heterocycles. The van der Waals surface area contributed by atoms with Gasteiger partial charge in [-0.2, -0.15) is 0 Å². The molecule has 0 aliphatic carbocycles. The SMILES string of the molecule is C[C@@H]1CNC(=O)CC/C=C\CN(c2ccccc2Cl)C(=O)[C@@H]2N(CCCCO)C(=O)[C@H]3[C@H](C(=O)O1)[C@@H]1C=C[C@]23O1. The number of likely N-dealkylation sites (tertiary alicyclic amines) is 1. The van der Waals surface area contributed by atoms with Crippen molar-refractivity contribution in [3.8, 4) is 0 Å². The largest absolute Gasteiger partial charge is 0.460 e. The fourth-order valence-electron chi connectivity index (χ4n) is 6.15. The van der Waals surface area contributed by atoms with Crippen molar-refractivity contribution in [3.63, 3.8) is 0 Å². The first-order chi connectivity index (χ1) is 19.3. The van der Waals surface area contributed by atoms with Crippen molar-refractivity contribution in [2.24, 2.45) is 11.8 Å². The number of para-hydroxylation sites is 1. The number of ether oxygens (including phenoxy) is 2. The van der Waals surface area contributed by atoms with Crippen LogP contribution in [0.5, 0.6) is 0 Å². The van der Waals surface area contributed by atoms with Crippen LogP contribution in [0.25, 0.3) is 0 Å². The van der Waals surface area contributed by atoms with Crippen LogP contribution in [0.4, 0.5) is 5.69 Å². The highest BCUT2D eigenvalue weighted by atomic mass is 35.5. The average molecular weight is 572 g/mol. The van der Waals surface area contributed by atoms with Gasteiger partial charge in [0.2, 0.25) is 11.8 Å². The normalized spacial score (nSPS) is 33.2. The first-order valence-corrected chi connectivity index (χ1v) is 14.1. The van der Waals surface area contributed by atoms with Crippen LogP contribution in [0.2, 0.25) is 5.02 Å². The van der Waals surface area contributed by atoms with Gasteiger partial charge in [0.15, 0.2) is 0 Å². The van der Waals surface area contributed by atoms with Gasteiger partial charge in [0, 0.05) is 26.1 Å². The molecule has 1 aromatic rings. The van der Waals surface area contributed by atoms with Crippen LogP contribution in [0, 0.1) is 11.8 Å². The molecular formula is C29H34ClN3O7. The molecule has 1 spiro atoms. The highest BCUT2D eigenvalue weighted by Gasteiger charge is 2.73. The van der Waals surface area contributed by atoms with E-state index >= 15 is 0 Å². The summed E-state index contributed by atoms with van der Waals surface area (Å²) in [4.78, 5) is 57.3. The molecular weight excluding hydrogens is 538 g/mol. The molecule has 11 heteroatoms. The number of hydrogen-bond acceptors (Lipinski definition) is 7. The van der Waals surface area contributed by atoms with Crippen molar-refractivity contribution in [2.45, 2.75) is 56.5 Å². The third-order valence-corrected chi connectivity index (χ3v) is 8.31. The number of unbranched alkanes of at least 4 members (excludes halogenated alkanes) is 1. The maximum absolute atomic E-state index is 14.5. The van der Waals surface area contributed by atoms with Gasteiger partial charge in [-0.25, -0.2) is 0 Å². The number of fused-ring (bicyclic) bond motifs is 2. The van der Waals surface area contributed by atoms with E-state index < -0.39 is 47.6 Å². The number of amides is 3. The molecule has 0 saturated carbocycles. The summed E-state index contributed by atoms with van der Waals surface area (Å²) in [7, 11) is 0. The zero-order valence-corrected chi connectivity index (χ0v) is 23.1. The number of hydrogen-bond donors (Lipinski definition) is 2. The molecule has 0 unspecified atom stereocenters. The lowest BCUT2D eigenvalue weighted by Gasteiger charge is -2.36. The van der Waals surface area contributed by atoms with Gasteiger partial charge in [-0.1, -0.05) is 48.0 Å². The summed E-state index contributed by atoms with van der Waals surface area (Å²) in [6, 6.07) is 5.90. The van der Waals surface area contributed by atoms with Gasteiger partial charge >= 0.3 is 5.97 Å². The number of aliphatic hydroxyl groups is 1. The van der Waals surface area contributed by atoms with Crippen molar-refractivity contribution in [1.29, 1.82) is 0 Å². The van der Waals surface area contributed by atoms with E-state index in [-0.39, 0.29) is 44.5 Å². The number of esters is 1. The zero-order valence-electron chi connectivity index (χ0n) is 22.3. The molecule has 0 radical (unpaired) electrons. The first-order valence-electron chi connectivity index (χ1n) is 13.7. The molecule has 40 heavy (non-hydrogen) atoms. The van der Waals surface area contributed by atoms with E-state index in [2.05, 4.69) is 5.32 Å². The number of halogens is 1. The summed E-state index contributed by atoms with van der Waals surface area (Å²) in [6.07, 6.45) is 7.37. The molecule has 5 bridgehead atoms. The number of aliphatic hydroxyl groups excluding tert-OH is 1. The minimum Gasteiger partial charge on any atom is -0.460 e. The Bertz CT molecular complexity index is 1240. The van der Waals surface area contributed by atoms with Crippen LogP contribution >= 0.6 is 11.6 Å². The second-order valence-corrected chi connectivity index (χ2v) is 11.0. The predicted molar refractivity (Wildman–Crippen MR) is 146 cm³/mol. The van der Waals surface area contributed by atoms with Gasteiger partial charge in [0.1, 0.15) is 23.7 Å². The number of benzene rings is 1. The van der Waals surface area contributed by atoms with Crippen molar-refractivity contribution in [2.75, 3.05) is 31.1 Å². The smallest absolute Gasteiger partial charge is 0.313 e. The number of allylic oxidation sites excluding steroid dienone is 1. The first kappa shape index (κ1) is 28.3. The van der Waals surface area contributed by atoms with Gasteiger partial charge in [-0.15, -0.1) is 0 Å². The quantitative estimate of drug-likeness (QED) is 0.314. The fraction of sp³-hybridized carbons (Fsp3) is 0.517. The van der Waals surface area contributed by atoms with Crippen molar-refractivity contribution >= 4 is 41.0 Å². The Morgan fingerprint density at radius 1 is 1.12 bits per heavy atom. The molecule has 1 aromatic carbocycles. The Labute approximate surface area is 237 Å². The van der Waals surface area contributed by atoms with E-state index in [0.717, 1.165) is 0 Å². The van der Waals surface area contributed by atoms with E-state index in [1.54, 1.807) is 49.4 Å². The van der Waals surface area contributed by atoms with Crippen LogP contribution in [-0.2, 0) is 28.7 Å². The zero-order chi connectivity index (χ0) is 28.4. The van der Waals surface area contributed by atoms with Gasteiger partial charge in [-0.05, 0) is 38.3 Å². The molecule has 3 amide bonds. The third-order valence-electron chi connectivity index (χ3n) is 7.99. The number of carbonyl (C=O) groups excluding carboxylic acids is 4. The molecule has 10 nitrogen and oxygen atoms in total. The maximum atomic E-state index is 14.5. The van der Waals surface area contributed by atoms with Crippen molar-refractivity contribution < 1.29 is 33.8 Å². The van der Waals surface area contributed by atoms with Gasteiger partial charge < -0.3 is 29.7 Å². The predicted octanol–water partition coefficient (Wildman–Crippen LogP) is 1.99. The Kier molecular flexibility index (Phi) is 8.30. The number of nitrogens with one attached hydrogen (secondary N) is 1. The molecule has 214 valence electrons. The van der Waals surface area contributed by atoms with E-state index in [0.29, 0.717) is 30.0 Å². The number of cyclic esters (lactones) is 1. The molecule has 4 aliphatic heterocycles. The summed E-state index contributed by atoms with van der Waals surface area (Å²) in [5, 5.41) is 12.5. The molecule has 2 N–H and O–H groups in total. The van der Waals surface area contributed by atoms with E-state index in [9.17, 15) is 24.3 Å². The van der Waals surface area contributed by atoms with Crippen molar-refractivity contribution in [3.05, 3.63) is 53.6 Å². The highest BCUT2D eigenvalue weighted by Crippen LogP contribution is 2.56. The summed E-state index contributed by atoms with van der Waals surface area (Å²) in [6.45, 7) is 2.13. The summed E-state index contributed by atoms with van der Waals surface area (Å²) in [5.74, 6) is -3.42. The summed E-state index contributed by atoms with van der Waals surface area (Å²) < 4.78 is 12.0. The minimum atomic E-state index is -1.35. The van der Waals surface area contributed by atoms with E-state index in [1.807, 2.05) is 6.08 Å². The molecule has 4 heterocycles. The molecule has 2 fully saturated rings. The molecule has 4 aliphatic rings. The molecule has 6 atom stereocenters. The Balaban J connectivity index is 1.59. The minimum absolute atomic E-state index is 0.0480. The lowest BCUT2D eigenvalue weighted by Crippen LogP contribution is -2.56. The summed E-state index contributed by atoms with van der Waals surface area (Å²) >= 11 is 6.54. The molecule has 2 saturated heterocycles. The Hall–Kier alpha value is -3.21. The van der Waals surface area contributed by atoms with Crippen LogP contribution in [-0.4, -0.2) is 83.8 Å². The number of nitrogens with zero attached hydrogens (tertiary/aromatic N) is 2. The van der Waals surface area contributed by atoms with Crippen LogP contribution in [0.3, 0.4) is 0 Å². The van der Waals surface area contributed by atoms with Gasteiger partial charge in [0.05, 0.1) is 29.3 Å². The topological polar surface area (TPSA) is 125 Å². The van der Waals surface area contributed by atoms with Crippen LogP contribution < -0.4 is 10.2 Å². The van der Waals surface area contributed by atoms with E-state index in [1.165, 1.54) is 9.80 Å². The number of carbonyl (C=O) groups is 4. The Morgan fingerprint density at radius 3 is 2.70 bits per heavy atom. The highest BCUT2D eigenvalue weighted by molar-refractivity contribution is 6.34. The maximum Gasteiger partial charge on any atom is 0.313 e. The number of anilines is 1. The lowest BCUT2D eigenvalue weighted by molar-refractivity contribution is -0.158. The second kappa shape index (κ2) is 11.7. The average Bonchev–Trinajstić information content (AvgIpc) is 3.57. The fourth-order valence-corrected chi connectivity index (χ4v) is 6.39. The van der Waals surface area contributed by atoms with Crippen molar-refractivity contribution in [1.82, 2.24) is 10.2 Å². The second-order valence-electron chi connectivity index (χ2n) is 10.6. The Morgan fingerprint density at radius 2 is 1.93 bits per heavy atom. The van der Waals surface area contributed by atoms with Gasteiger partial charge in [-0.3, -0.25) is 19.2 Å². The molecule has 5 rings (SSSR count). The third kappa shape index (κ3) is 5.04. The summed E-state index contributed by atoms with van der Waals surface area (Å²) in [5.41, 5.74) is -0.880. The standard InChI is InChI=1S/C29H34ClN3O7/c1-18-17-31-22(35)11-3-2-6-14-32(20-10-5-4-9-19(20)30)27(37)25-29-13-12-21(40-29)23(28(38)39-18)24(29)26(36)33(25)15-7-8-16-34/h2,4-6,9-10,12-13,18,21,23-25,34H,3,7-8,11,14-17H2,1H3,(H,31,35)/b6-2-/t18-,21+,23-,24-,25+,29-/m1/s1. The van der Waals surface area contributed by atoms with E-state index in [4.69, 9.17) is 21.1 Å². The number of rotatable bonds is 5. The van der Waals surface area contributed by atoms with Gasteiger partial charge in [0.25, 0.3) is 5.91 Å². The monoisotopic (exact) mass is 571 g/mol.